The lowest BCUT2D eigenvalue weighted by Gasteiger charge is -2.06. The number of hydrogen-bond donors (Lipinski definition) is 2. The molecule has 1 atom stereocenters. The van der Waals surface area contributed by atoms with Gasteiger partial charge in [0, 0.05) is 28.8 Å². The van der Waals surface area contributed by atoms with Gasteiger partial charge in [0.15, 0.2) is 0 Å². The summed E-state index contributed by atoms with van der Waals surface area (Å²) in [7, 11) is 0. The molecule has 24 heavy (non-hydrogen) atoms. The van der Waals surface area contributed by atoms with Crippen LogP contribution in [0.3, 0.4) is 0 Å². The normalized spacial score (nSPS) is 12.2. The molecule has 3 rings (SSSR count). The first-order valence-electron chi connectivity index (χ1n) is 7.21. The van der Waals surface area contributed by atoms with Crippen LogP contribution in [0.15, 0.2) is 23.6 Å². The number of fused-ring (bicyclic) bond motifs is 1. The molecular weight excluding hydrogens is 383 g/mol. The average Bonchev–Trinajstić information content (AvgIpc) is 3.15. The molecule has 0 aliphatic rings. The minimum Gasteiger partial charge on any atom is -0.379 e. The van der Waals surface area contributed by atoms with Crippen molar-refractivity contribution >= 4 is 61.8 Å². The largest absolute Gasteiger partial charge is 0.379 e. The van der Waals surface area contributed by atoms with Gasteiger partial charge in [-0.3, -0.25) is 0 Å². The van der Waals surface area contributed by atoms with E-state index in [4.69, 9.17) is 35.5 Å². The van der Waals surface area contributed by atoms with Crippen molar-refractivity contribution in [3.05, 3.63) is 54.9 Å². The van der Waals surface area contributed by atoms with Crippen LogP contribution in [0.25, 0.3) is 15.1 Å². The molecule has 3 N–H and O–H groups in total. The summed E-state index contributed by atoms with van der Waals surface area (Å²) in [6.45, 7) is 7.92. The SMILES string of the molecule is [C-]#[N+]C[C@H](N)Cc1sc2c(NCc3cccs3)cc(Cl)nc2c1Cl. The summed E-state index contributed by atoms with van der Waals surface area (Å²) in [6, 6.07) is 5.68. The van der Waals surface area contributed by atoms with Gasteiger partial charge in [0.05, 0.1) is 21.5 Å². The van der Waals surface area contributed by atoms with Gasteiger partial charge in [-0.1, -0.05) is 29.3 Å². The van der Waals surface area contributed by atoms with Crippen LogP contribution in [0, 0.1) is 6.57 Å². The predicted molar refractivity (Wildman–Crippen MR) is 104 cm³/mol. The molecule has 0 aliphatic heterocycles. The highest BCUT2D eigenvalue weighted by molar-refractivity contribution is 7.20. The highest BCUT2D eigenvalue weighted by Gasteiger charge is 2.18. The number of thiophene rings is 2. The van der Waals surface area contributed by atoms with Crippen molar-refractivity contribution < 1.29 is 0 Å². The molecule has 0 radical (unpaired) electrons. The molecule has 0 unspecified atom stereocenters. The molecule has 0 amide bonds. The minimum absolute atomic E-state index is 0.230. The second-order valence-corrected chi connectivity index (χ2v) is 8.15. The average molecular weight is 397 g/mol. The number of rotatable bonds is 6. The van der Waals surface area contributed by atoms with E-state index < -0.39 is 0 Å². The lowest BCUT2D eigenvalue weighted by Crippen LogP contribution is -2.25. The first-order chi connectivity index (χ1) is 11.6. The quantitative estimate of drug-likeness (QED) is 0.451. The summed E-state index contributed by atoms with van der Waals surface area (Å²) < 4.78 is 0.964. The standard InChI is InChI=1S/C16H14Cl2N4S2/c1-20-7-9(19)5-12-14(18)15-16(24-12)11(6-13(17)22-15)21-8-10-3-2-4-23-10/h2-4,6,9H,5,7-8,19H2,(H,21,22)/t9-/m1/s1. The zero-order valence-corrected chi connectivity index (χ0v) is 15.7. The maximum Gasteiger partial charge on any atom is 0.229 e. The van der Waals surface area contributed by atoms with Crippen molar-refractivity contribution in [2.45, 2.75) is 19.0 Å². The lowest BCUT2D eigenvalue weighted by molar-refractivity contribution is 0.725. The summed E-state index contributed by atoms with van der Waals surface area (Å²) in [5.74, 6) is 0. The molecule has 124 valence electrons. The summed E-state index contributed by atoms with van der Waals surface area (Å²) in [5.41, 5.74) is 7.57. The van der Waals surface area contributed by atoms with Crippen LogP contribution < -0.4 is 11.1 Å². The fourth-order valence-corrected chi connectivity index (χ4v) is 4.77. The Morgan fingerprint density at radius 1 is 1.42 bits per heavy atom. The van der Waals surface area contributed by atoms with Crippen molar-refractivity contribution in [3.8, 4) is 0 Å². The van der Waals surface area contributed by atoms with Crippen LogP contribution in [0.4, 0.5) is 5.69 Å². The topological polar surface area (TPSA) is 55.3 Å². The number of hydrogen-bond acceptors (Lipinski definition) is 5. The number of pyridine rings is 1. The summed E-state index contributed by atoms with van der Waals surface area (Å²) in [6.07, 6.45) is 0.560. The molecule has 0 saturated heterocycles. The molecule has 0 fully saturated rings. The van der Waals surface area contributed by atoms with Gasteiger partial charge in [-0.15, -0.1) is 22.7 Å². The Hall–Kier alpha value is -1.36. The second kappa shape index (κ2) is 7.68. The van der Waals surface area contributed by atoms with Crippen LogP contribution in [0.2, 0.25) is 10.2 Å². The number of nitrogens with one attached hydrogen (secondary N) is 1. The Kier molecular flexibility index (Phi) is 5.59. The van der Waals surface area contributed by atoms with Crippen molar-refractivity contribution in [1.29, 1.82) is 0 Å². The number of aromatic nitrogens is 1. The van der Waals surface area contributed by atoms with E-state index in [1.54, 1.807) is 22.7 Å². The third kappa shape index (κ3) is 3.82. The molecule has 0 aliphatic carbocycles. The lowest BCUT2D eigenvalue weighted by atomic mass is 10.2. The van der Waals surface area contributed by atoms with Crippen LogP contribution in [-0.4, -0.2) is 17.6 Å². The zero-order chi connectivity index (χ0) is 17.1. The van der Waals surface area contributed by atoms with Gasteiger partial charge in [0.2, 0.25) is 6.54 Å². The van der Waals surface area contributed by atoms with E-state index in [0.29, 0.717) is 22.1 Å². The fourth-order valence-electron chi connectivity index (χ4n) is 2.33. The van der Waals surface area contributed by atoms with Crippen molar-refractivity contribution in [2.24, 2.45) is 5.73 Å². The molecule has 8 heteroatoms. The first kappa shape index (κ1) is 17.5. The van der Waals surface area contributed by atoms with Crippen LogP contribution in [-0.2, 0) is 13.0 Å². The van der Waals surface area contributed by atoms with E-state index in [-0.39, 0.29) is 12.6 Å². The van der Waals surface area contributed by atoms with Gasteiger partial charge < -0.3 is 15.9 Å². The van der Waals surface area contributed by atoms with Crippen molar-refractivity contribution in [1.82, 2.24) is 4.98 Å². The smallest absolute Gasteiger partial charge is 0.229 e. The van der Waals surface area contributed by atoms with E-state index in [1.807, 2.05) is 17.5 Å². The monoisotopic (exact) mass is 396 g/mol. The molecule has 3 aromatic rings. The van der Waals surface area contributed by atoms with Crippen LogP contribution in [0.5, 0.6) is 0 Å². The summed E-state index contributed by atoms with van der Waals surface area (Å²) >= 11 is 15.9. The number of anilines is 1. The third-order valence-electron chi connectivity index (χ3n) is 3.43. The van der Waals surface area contributed by atoms with Gasteiger partial charge in [-0.05, 0) is 11.4 Å². The molecule has 3 heterocycles. The molecule has 0 spiro atoms. The van der Waals surface area contributed by atoms with E-state index in [0.717, 1.165) is 21.8 Å². The maximum atomic E-state index is 6.92. The Labute approximate surface area is 158 Å². The van der Waals surface area contributed by atoms with Gasteiger partial charge >= 0.3 is 0 Å². The molecular formula is C16H14Cl2N4S2. The van der Waals surface area contributed by atoms with Gasteiger partial charge in [0.1, 0.15) is 10.7 Å². The van der Waals surface area contributed by atoms with Crippen molar-refractivity contribution in [3.63, 3.8) is 0 Å². The highest BCUT2D eigenvalue weighted by atomic mass is 35.5. The molecule has 3 aromatic heterocycles. The first-order valence-corrected chi connectivity index (χ1v) is 9.66. The number of nitrogens with two attached hydrogens (primary N) is 1. The van der Waals surface area contributed by atoms with Crippen LogP contribution >= 0.6 is 45.9 Å². The number of nitrogens with zero attached hydrogens (tertiary/aromatic N) is 2. The number of halogens is 2. The van der Waals surface area contributed by atoms with E-state index >= 15 is 0 Å². The molecule has 0 saturated carbocycles. The minimum atomic E-state index is -0.230. The van der Waals surface area contributed by atoms with Gasteiger partial charge in [-0.2, -0.15) is 0 Å². The van der Waals surface area contributed by atoms with Gasteiger partial charge in [0.25, 0.3) is 0 Å². The van der Waals surface area contributed by atoms with E-state index in [9.17, 15) is 0 Å². The Balaban J connectivity index is 1.92. The van der Waals surface area contributed by atoms with E-state index in [2.05, 4.69) is 21.2 Å². The maximum absolute atomic E-state index is 6.92. The fraction of sp³-hybridized carbons (Fsp3) is 0.250. The summed E-state index contributed by atoms with van der Waals surface area (Å²) in [4.78, 5) is 9.88. The second-order valence-electron chi connectivity index (χ2n) is 5.25. The Morgan fingerprint density at radius 3 is 2.96 bits per heavy atom. The molecule has 0 aromatic carbocycles. The summed E-state index contributed by atoms with van der Waals surface area (Å²) in [5, 5.41) is 6.43. The van der Waals surface area contributed by atoms with Gasteiger partial charge in [-0.25, -0.2) is 11.6 Å². The zero-order valence-electron chi connectivity index (χ0n) is 12.6. The Morgan fingerprint density at radius 2 is 2.25 bits per heavy atom. The highest BCUT2D eigenvalue weighted by Crippen LogP contribution is 2.40. The molecule has 4 nitrogen and oxygen atoms in total. The van der Waals surface area contributed by atoms with E-state index in [1.165, 1.54) is 4.88 Å². The molecule has 0 bridgehead atoms. The Bertz CT molecular complexity index is 884. The van der Waals surface area contributed by atoms with Crippen LogP contribution in [0.1, 0.15) is 9.75 Å². The van der Waals surface area contributed by atoms with Crippen molar-refractivity contribution in [2.75, 3.05) is 11.9 Å². The predicted octanol–water partition coefficient (Wildman–Crippen LogP) is 5.07. The third-order valence-corrected chi connectivity index (χ3v) is 6.25.